The molecule has 0 aliphatic carbocycles. The van der Waals surface area contributed by atoms with Gasteiger partial charge in [-0.2, -0.15) is 0 Å². The summed E-state index contributed by atoms with van der Waals surface area (Å²) in [6.07, 6.45) is 0. The molecule has 1 heterocycles. The molecule has 26 heavy (non-hydrogen) atoms. The lowest BCUT2D eigenvalue weighted by Gasteiger charge is -2.06. The average molecular weight is 374 g/mol. The maximum atomic E-state index is 13.5. The van der Waals surface area contributed by atoms with Crippen LogP contribution in [-0.2, 0) is 4.79 Å². The second kappa shape index (κ2) is 7.87. The van der Waals surface area contributed by atoms with Crippen LogP contribution in [0.2, 0.25) is 0 Å². The number of thioether (sulfide) groups is 1. The first-order valence-corrected chi connectivity index (χ1v) is 8.41. The normalized spacial score (nSPS) is 10.5. The minimum atomic E-state index is -0.872. The molecule has 0 unspecified atom stereocenters. The summed E-state index contributed by atoms with van der Waals surface area (Å²) in [5.41, 5.74) is 0.241. The molecule has 0 bridgehead atoms. The molecule has 0 atom stereocenters. The molecule has 2 aromatic carbocycles. The number of nitrogens with zero attached hydrogens (tertiary/aromatic N) is 2. The number of halogens is 2. The van der Waals surface area contributed by atoms with Gasteiger partial charge in [-0.05, 0) is 12.1 Å². The minimum absolute atomic E-state index is 0.129. The van der Waals surface area contributed by atoms with E-state index >= 15 is 0 Å². The second-order valence-electron chi connectivity index (χ2n) is 5.13. The lowest BCUT2D eigenvalue weighted by atomic mass is 10.2. The van der Waals surface area contributed by atoms with E-state index in [9.17, 15) is 18.4 Å². The molecule has 9 heteroatoms. The number of H-pyrrole nitrogens is 1. The molecule has 0 spiro atoms. The van der Waals surface area contributed by atoms with Gasteiger partial charge in [-0.1, -0.05) is 42.1 Å². The monoisotopic (exact) mass is 374 g/mol. The maximum Gasteiger partial charge on any atom is 0.278 e. The summed E-state index contributed by atoms with van der Waals surface area (Å²) in [4.78, 5) is 26.5. The van der Waals surface area contributed by atoms with E-state index in [1.807, 2.05) is 6.07 Å². The zero-order valence-corrected chi connectivity index (χ0v) is 14.0. The third-order valence-corrected chi connectivity index (χ3v) is 4.13. The third kappa shape index (κ3) is 4.31. The van der Waals surface area contributed by atoms with Gasteiger partial charge < -0.3 is 5.32 Å². The van der Waals surface area contributed by atoms with Gasteiger partial charge in [0, 0.05) is 11.6 Å². The van der Waals surface area contributed by atoms with Gasteiger partial charge in [-0.15, -0.1) is 10.2 Å². The van der Waals surface area contributed by atoms with Crippen LogP contribution < -0.4 is 10.9 Å². The number of amides is 1. The smallest absolute Gasteiger partial charge is 0.278 e. The van der Waals surface area contributed by atoms with Crippen molar-refractivity contribution >= 4 is 23.4 Å². The Hall–Kier alpha value is -3.07. The largest absolute Gasteiger partial charge is 0.323 e. The van der Waals surface area contributed by atoms with Gasteiger partial charge in [0.15, 0.2) is 10.9 Å². The van der Waals surface area contributed by atoms with Crippen molar-refractivity contribution in [2.24, 2.45) is 0 Å². The van der Waals surface area contributed by atoms with Crippen molar-refractivity contribution in [1.82, 2.24) is 15.2 Å². The minimum Gasteiger partial charge on any atom is -0.323 e. The van der Waals surface area contributed by atoms with E-state index in [1.165, 1.54) is 0 Å². The van der Waals surface area contributed by atoms with Crippen LogP contribution in [0.15, 0.2) is 58.5 Å². The zero-order valence-electron chi connectivity index (χ0n) is 13.2. The highest BCUT2D eigenvalue weighted by atomic mass is 32.2. The molecule has 6 nitrogen and oxygen atoms in total. The lowest BCUT2D eigenvalue weighted by Crippen LogP contribution is -2.17. The summed E-state index contributed by atoms with van der Waals surface area (Å²) in [6.45, 7) is 0. The van der Waals surface area contributed by atoms with Crippen LogP contribution in [-0.4, -0.2) is 26.8 Å². The molecule has 0 radical (unpaired) electrons. The predicted molar refractivity (Wildman–Crippen MR) is 93.8 cm³/mol. The van der Waals surface area contributed by atoms with E-state index in [4.69, 9.17) is 0 Å². The van der Waals surface area contributed by atoms with Crippen molar-refractivity contribution in [3.8, 4) is 11.3 Å². The molecule has 0 saturated carbocycles. The van der Waals surface area contributed by atoms with Crippen molar-refractivity contribution < 1.29 is 13.6 Å². The molecular weight excluding hydrogens is 362 g/mol. The number of aromatic amines is 1. The Balaban J connectivity index is 1.63. The van der Waals surface area contributed by atoms with Gasteiger partial charge in [-0.3, -0.25) is 14.6 Å². The number of hydrogen-bond acceptors (Lipinski definition) is 5. The van der Waals surface area contributed by atoms with Gasteiger partial charge in [0.25, 0.3) is 5.56 Å². The van der Waals surface area contributed by atoms with Crippen molar-refractivity contribution in [3.63, 3.8) is 0 Å². The molecule has 0 saturated heterocycles. The van der Waals surface area contributed by atoms with Crippen molar-refractivity contribution in [2.45, 2.75) is 5.16 Å². The average Bonchev–Trinajstić information content (AvgIpc) is 2.63. The molecular formula is C17H12F2N4O2S. The Kier molecular flexibility index (Phi) is 5.37. The highest BCUT2D eigenvalue weighted by molar-refractivity contribution is 7.99. The quantitative estimate of drug-likeness (QED) is 0.671. The van der Waals surface area contributed by atoms with Crippen LogP contribution in [0.25, 0.3) is 11.3 Å². The van der Waals surface area contributed by atoms with Crippen LogP contribution in [0.5, 0.6) is 0 Å². The van der Waals surface area contributed by atoms with Crippen LogP contribution in [0.3, 0.4) is 0 Å². The first-order chi connectivity index (χ1) is 12.5. The molecule has 1 aromatic heterocycles. The summed E-state index contributed by atoms with van der Waals surface area (Å²) >= 11 is 0.937. The zero-order chi connectivity index (χ0) is 18.5. The Bertz CT molecular complexity index is 996. The Morgan fingerprint density at radius 3 is 2.58 bits per heavy atom. The number of nitrogens with one attached hydrogen (secondary N) is 2. The third-order valence-electron chi connectivity index (χ3n) is 3.27. The van der Waals surface area contributed by atoms with Crippen LogP contribution in [0, 0.1) is 11.6 Å². The molecule has 3 rings (SSSR count). The van der Waals surface area contributed by atoms with E-state index in [1.54, 1.807) is 24.3 Å². The van der Waals surface area contributed by atoms with Gasteiger partial charge in [0.1, 0.15) is 11.6 Å². The fraction of sp³-hybridized carbons (Fsp3) is 0.0588. The van der Waals surface area contributed by atoms with E-state index in [0.717, 1.165) is 23.9 Å². The van der Waals surface area contributed by atoms with Crippen molar-refractivity contribution in [1.29, 1.82) is 0 Å². The Morgan fingerprint density at radius 1 is 1.12 bits per heavy atom. The fourth-order valence-electron chi connectivity index (χ4n) is 2.08. The van der Waals surface area contributed by atoms with Crippen molar-refractivity contribution in [3.05, 3.63) is 70.5 Å². The number of hydrogen-bond donors (Lipinski definition) is 2. The van der Waals surface area contributed by atoms with Gasteiger partial charge >= 0.3 is 0 Å². The SMILES string of the molecule is O=C(CSc1nnc(-c2ccccc2)c(=O)[nH]1)Nc1ccc(F)cc1F. The molecule has 0 aliphatic rings. The number of carbonyl (C=O) groups excluding carboxylic acids is 1. The van der Waals surface area contributed by atoms with Crippen LogP contribution in [0.1, 0.15) is 0 Å². The van der Waals surface area contributed by atoms with E-state index in [0.29, 0.717) is 11.6 Å². The topological polar surface area (TPSA) is 87.7 Å². The molecule has 0 aliphatic heterocycles. The predicted octanol–water partition coefficient (Wildman–Crippen LogP) is 2.84. The van der Waals surface area contributed by atoms with E-state index in [-0.39, 0.29) is 22.3 Å². The summed E-state index contributed by atoms with van der Waals surface area (Å²) in [5, 5.41) is 10.2. The lowest BCUT2D eigenvalue weighted by molar-refractivity contribution is -0.113. The molecule has 3 aromatic rings. The molecule has 0 fully saturated rings. The Labute approximate surface area is 150 Å². The summed E-state index contributed by atoms with van der Waals surface area (Å²) in [7, 11) is 0. The summed E-state index contributed by atoms with van der Waals surface area (Å²) in [6, 6.07) is 11.7. The van der Waals surface area contributed by atoms with E-state index in [2.05, 4.69) is 20.5 Å². The van der Waals surface area contributed by atoms with E-state index < -0.39 is 23.1 Å². The summed E-state index contributed by atoms with van der Waals surface area (Å²) in [5.74, 6) is -2.27. The highest BCUT2D eigenvalue weighted by Gasteiger charge is 2.11. The second-order valence-corrected chi connectivity index (χ2v) is 6.10. The number of carbonyl (C=O) groups is 1. The number of anilines is 1. The molecule has 132 valence electrons. The van der Waals surface area contributed by atoms with Crippen molar-refractivity contribution in [2.75, 3.05) is 11.1 Å². The number of benzene rings is 2. The van der Waals surface area contributed by atoms with Crippen LogP contribution in [0.4, 0.5) is 14.5 Å². The molecule has 2 N–H and O–H groups in total. The standard InChI is InChI=1S/C17H12F2N4O2S/c18-11-6-7-13(12(19)8-11)20-14(24)9-26-17-21-16(25)15(22-23-17)10-4-2-1-3-5-10/h1-8H,9H2,(H,20,24)(H,21,23,25). The Morgan fingerprint density at radius 2 is 1.88 bits per heavy atom. The number of rotatable bonds is 5. The van der Waals surface area contributed by atoms with Gasteiger partial charge in [-0.25, -0.2) is 8.78 Å². The number of aromatic nitrogens is 3. The first kappa shape index (κ1) is 17.7. The maximum absolute atomic E-state index is 13.5. The highest BCUT2D eigenvalue weighted by Crippen LogP contribution is 2.17. The fourth-order valence-corrected chi connectivity index (χ4v) is 2.69. The van der Waals surface area contributed by atoms with Crippen LogP contribution >= 0.6 is 11.8 Å². The summed E-state index contributed by atoms with van der Waals surface area (Å²) < 4.78 is 26.3. The van der Waals surface area contributed by atoms with Gasteiger partial charge in [0.2, 0.25) is 5.91 Å². The molecule has 1 amide bonds. The van der Waals surface area contributed by atoms with Gasteiger partial charge in [0.05, 0.1) is 11.4 Å². The first-order valence-electron chi connectivity index (χ1n) is 7.43.